The van der Waals surface area contributed by atoms with Crippen LogP contribution >= 0.6 is 0 Å². The van der Waals surface area contributed by atoms with Crippen LogP contribution in [0, 0.1) is 0 Å². The number of rotatable bonds is 7. The molecule has 0 saturated carbocycles. The van der Waals surface area contributed by atoms with Gasteiger partial charge in [0.05, 0.1) is 17.8 Å². The minimum Gasteiger partial charge on any atom is -0.477 e. The summed E-state index contributed by atoms with van der Waals surface area (Å²) in [6.07, 6.45) is -4.77. The number of carboxylic acid groups (broad SMARTS) is 1. The predicted molar refractivity (Wildman–Crippen MR) is 114 cm³/mol. The number of alkyl halides is 3. The fraction of sp³-hybridized carbons (Fsp3) is 0.227. The molecule has 0 amide bonds. The number of aliphatic hydroxyl groups is 1. The molecule has 0 aliphatic heterocycles. The van der Waals surface area contributed by atoms with Crippen molar-refractivity contribution >= 4 is 16.9 Å². The van der Waals surface area contributed by atoms with Crippen LogP contribution in [0.5, 0.6) is 0 Å². The molecule has 1 atom stereocenters. The lowest BCUT2D eigenvalue weighted by Crippen LogP contribution is -2.49. The quantitative estimate of drug-likeness (QED) is 0.325. The Labute approximate surface area is 181 Å². The molecule has 0 spiro atoms. The molecule has 2 aromatic carbocycles. The van der Waals surface area contributed by atoms with Crippen LogP contribution in [0.4, 0.5) is 13.2 Å². The molecule has 1 heterocycles. The number of hydrazine groups is 1. The number of halogens is 3. The molecule has 170 valence electrons. The lowest BCUT2D eigenvalue weighted by molar-refractivity contribution is -0.245. The molecule has 3 rings (SSSR count). The minimum absolute atomic E-state index is 0.0206. The van der Waals surface area contributed by atoms with Gasteiger partial charge in [0.15, 0.2) is 0 Å². The van der Waals surface area contributed by atoms with Crippen LogP contribution in [0.2, 0.25) is 0 Å². The third-order valence-electron chi connectivity index (χ3n) is 5.23. The summed E-state index contributed by atoms with van der Waals surface area (Å²) in [7, 11) is 0. The monoisotopic (exact) mass is 448 g/mol. The molecule has 7 nitrogen and oxygen atoms in total. The number of para-hydroxylation sites is 1. The Kier molecular flexibility index (Phi) is 6.20. The first-order valence-corrected chi connectivity index (χ1v) is 9.69. The first-order valence-electron chi connectivity index (χ1n) is 9.69. The van der Waals surface area contributed by atoms with Crippen molar-refractivity contribution in [3.63, 3.8) is 0 Å². The largest absolute Gasteiger partial charge is 0.477 e. The van der Waals surface area contributed by atoms with E-state index in [1.165, 1.54) is 13.0 Å². The van der Waals surface area contributed by atoms with E-state index in [2.05, 4.69) is 0 Å². The lowest BCUT2D eigenvalue weighted by Gasteiger charge is -2.30. The van der Waals surface area contributed by atoms with E-state index in [1.54, 1.807) is 47.0 Å². The Balaban J connectivity index is 1.94. The topological polar surface area (TPSA) is 118 Å². The van der Waals surface area contributed by atoms with Gasteiger partial charge in [0.2, 0.25) is 5.60 Å². The maximum absolute atomic E-state index is 13.2. The van der Waals surface area contributed by atoms with Crippen LogP contribution in [0.25, 0.3) is 16.6 Å². The Hall–Kier alpha value is -3.50. The third kappa shape index (κ3) is 4.27. The van der Waals surface area contributed by atoms with Crippen molar-refractivity contribution in [3.8, 4) is 5.69 Å². The van der Waals surface area contributed by atoms with Gasteiger partial charge in [0.1, 0.15) is 5.69 Å². The lowest BCUT2D eigenvalue weighted by atomic mass is 9.96. The number of fused-ring (bicyclic) bond motifs is 1. The maximum atomic E-state index is 13.2. The molecular formula is C22H23F3N4O3. The number of aromatic nitrogens is 1. The van der Waals surface area contributed by atoms with Gasteiger partial charge in [-0.15, -0.1) is 0 Å². The van der Waals surface area contributed by atoms with E-state index in [-0.39, 0.29) is 12.2 Å². The molecule has 0 radical (unpaired) electrons. The molecule has 6 N–H and O–H groups in total. The van der Waals surface area contributed by atoms with Crippen molar-refractivity contribution in [2.45, 2.75) is 31.7 Å². The summed E-state index contributed by atoms with van der Waals surface area (Å²) in [5, 5.41) is 21.1. The van der Waals surface area contributed by atoms with Gasteiger partial charge in [-0.3, -0.25) is 0 Å². The van der Waals surface area contributed by atoms with Gasteiger partial charge in [-0.25, -0.2) is 10.6 Å². The summed E-state index contributed by atoms with van der Waals surface area (Å²) in [6.45, 7) is 1.15. The second-order valence-corrected chi connectivity index (χ2v) is 7.37. The second-order valence-electron chi connectivity index (χ2n) is 7.37. The van der Waals surface area contributed by atoms with Crippen molar-refractivity contribution in [2.75, 3.05) is 0 Å². The van der Waals surface area contributed by atoms with E-state index in [0.29, 0.717) is 22.2 Å². The van der Waals surface area contributed by atoms with Gasteiger partial charge in [-0.2, -0.15) is 13.2 Å². The summed E-state index contributed by atoms with van der Waals surface area (Å²) in [5.74, 6) is 4.72. The third-order valence-corrected chi connectivity index (χ3v) is 5.23. The fourth-order valence-corrected chi connectivity index (χ4v) is 3.49. The minimum atomic E-state index is -4.95. The number of carbonyl (C=O) groups is 1. The van der Waals surface area contributed by atoms with Crippen LogP contribution in [-0.2, 0) is 6.54 Å². The van der Waals surface area contributed by atoms with Crippen LogP contribution in [0.3, 0.4) is 0 Å². The number of hydrogen-bond donors (Lipinski definition) is 4. The molecule has 1 aromatic heterocycles. The first-order chi connectivity index (χ1) is 15.0. The zero-order valence-electron chi connectivity index (χ0n) is 17.2. The molecule has 1 unspecified atom stereocenters. The zero-order valence-corrected chi connectivity index (χ0v) is 17.2. The molecule has 0 saturated heterocycles. The van der Waals surface area contributed by atoms with Crippen molar-refractivity contribution in [3.05, 3.63) is 77.8 Å². The van der Waals surface area contributed by atoms with Crippen molar-refractivity contribution < 1.29 is 28.2 Å². The Morgan fingerprint density at radius 1 is 1.16 bits per heavy atom. The van der Waals surface area contributed by atoms with Gasteiger partial charge in [0, 0.05) is 17.3 Å². The van der Waals surface area contributed by atoms with E-state index >= 15 is 0 Å². The van der Waals surface area contributed by atoms with Crippen molar-refractivity contribution in [1.82, 2.24) is 9.58 Å². The molecule has 3 aromatic rings. The molecule has 0 fully saturated rings. The Morgan fingerprint density at radius 2 is 1.81 bits per heavy atom. The highest BCUT2D eigenvalue weighted by molar-refractivity contribution is 5.96. The summed E-state index contributed by atoms with van der Waals surface area (Å²) in [6, 6.07) is 15.6. The van der Waals surface area contributed by atoms with Gasteiger partial charge >= 0.3 is 12.1 Å². The molecule has 0 bridgehead atoms. The number of carboxylic acids is 1. The number of nitrogens with two attached hydrogens (primary N) is 2. The average molecular weight is 448 g/mol. The summed E-state index contributed by atoms with van der Waals surface area (Å²) >= 11 is 0. The van der Waals surface area contributed by atoms with E-state index in [9.17, 15) is 28.2 Å². The van der Waals surface area contributed by atoms with Gasteiger partial charge in [-0.05, 0) is 42.3 Å². The standard InChI is InChI=1S/C22H23F3N4O3/c1-2-21(32,22(23,24)25)19(26)13-28(27)12-14-8-9-17-15(10-14)11-18(20(30)31)29(17)16-6-4-3-5-7-16/h3-11,13,32H,2,12,26-27H2,1H3,(H,30,31)/b19-13-. The van der Waals surface area contributed by atoms with Crippen molar-refractivity contribution in [1.29, 1.82) is 0 Å². The number of benzene rings is 2. The SMILES string of the molecule is CCC(O)(/C(N)=C/N(N)Cc1ccc2c(c1)cc(C(=O)O)n2-c1ccccc1)C(F)(F)F. The number of hydrogen-bond acceptors (Lipinski definition) is 5. The smallest absolute Gasteiger partial charge is 0.422 e. The van der Waals surface area contributed by atoms with Crippen LogP contribution in [-0.4, -0.2) is 37.5 Å². The molecule has 10 heteroatoms. The normalized spacial score (nSPS) is 14.4. The predicted octanol–water partition coefficient (Wildman–Crippen LogP) is 3.51. The van der Waals surface area contributed by atoms with Gasteiger partial charge in [-0.1, -0.05) is 31.2 Å². The highest BCUT2D eigenvalue weighted by Gasteiger charge is 2.54. The maximum Gasteiger partial charge on any atom is 0.422 e. The summed E-state index contributed by atoms with van der Waals surface area (Å²) in [4.78, 5) is 11.8. The first kappa shape index (κ1) is 23.2. The summed E-state index contributed by atoms with van der Waals surface area (Å²) < 4.78 is 41.1. The number of nitrogens with zero attached hydrogens (tertiary/aromatic N) is 2. The molecule has 0 aliphatic carbocycles. The number of aromatic carboxylic acids is 1. The molecular weight excluding hydrogens is 425 g/mol. The van der Waals surface area contributed by atoms with Crippen LogP contribution in [0.1, 0.15) is 29.4 Å². The van der Waals surface area contributed by atoms with Gasteiger partial charge < -0.3 is 25.5 Å². The fourth-order valence-electron chi connectivity index (χ4n) is 3.49. The molecule has 32 heavy (non-hydrogen) atoms. The van der Waals surface area contributed by atoms with E-state index in [4.69, 9.17) is 11.6 Å². The zero-order chi connectivity index (χ0) is 23.7. The van der Waals surface area contributed by atoms with Crippen LogP contribution < -0.4 is 11.6 Å². The summed E-state index contributed by atoms with van der Waals surface area (Å²) in [5.41, 5.74) is 3.51. The Bertz CT molecular complexity index is 1160. The van der Waals surface area contributed by atoms with E-state index in [1.807, 2.05) is 6.07 Å². The second kappa shape index (κ2) is 8.56. The van der Waals surface area contributed by atoms with E-state index < -0.39 is 29.9 Å². The highest BCUT2D eigenvalue weighted by Crippen LogP contribution is 2.36. The van der Waals surface area contributed by atoms with Gasteiger partial charge in [0.25, 0.3) is 0 Å². The van der Waals surface area contributed by atoms with Crippen molar-refractivity contribution in [2.24, 2.45) is 11.6 Å². The Morgan fingerprint density at radius 3 is 2.38 bits per heavy atom. The van der Waals surface area contributed by atoms with Crippen LogP contribution in [0.15, 0.2) is 66.5 Å². The molecule has 0 aliphatic rings. The highest BCUT2D eigenvalue weighted by atomic mass is 19.4. The average Bonchev–Trinajstić information content (AvgIpc) is 3.11. The van der Waals surface area contributed by atoms with E-state index in [0.717, 1.165) is 11.2 Å².